The average Bonchev–Trinajstić information content (AvgIpc) is 2.47. The highest BCUT2D eigenvalue weighted by molar-refractivity contribution is 9.10. The molecule has 0 unspecified atom stereocenters. The third-order valence-electron chi connectivity index (χ3n) is 3.13. The Morgan fingerprint density at radius 2 is 1.92 bits per heavy atom. The maximum Gasteiger partial charge on any atom is 0.281 e. The van der Waals surface area contributed by atoms with Gasteiger partial charge in [0.2, 0.25) is 0 Å². The van der Waals surface area contributed by atoms with Crippen molar-refractivity contribution < 1.29 is 13.2 Å². The van der Waals surface area contributed by atoms with Gasteiger partial charge in [-0.05, 0) is 34.1 Å². The predicted octanol–water partition coefficient (Wildman–Crippen LogP) is 2.89. The maximum absolute atomic E-state index is 12.4. The quantitative estimate of drug-likeness (QED) is 0.699. The Balaban J connectivity index is 2.37. The molecule has 0 atom stereocenters. The van der Waals surface area contributed by atoms with E-state index in [4.69, 9.17) is 17.3 Å². The molecule has 2 aromatic heterocycles. The first kappa shape index (κ1) is 19.6. The van der Waals surface area contributed by atoms with E-state index in [9.17, 15) is 13.2 Å². The van der Waals surface area contributed by atoms with E-state index in [0.29, 0.717) is 10.2 Å². The average molecular weight is 448 g/mol. The van der Waals surface area contributed by atoms with Crippen molar-refractivity contribution in [1.29, 1.82) is 0 Å². The second kappa shape index (κ2) is 6.89. The summed E-state index contributed by atoms with van der Waals surface area (Å²) in [5.41, 5.74) is 5.74. The molecule has 0 bridgehead atoms. The zero-order valence-corrected chi connectivity index (χ0v) is 16.8. The number of hydrogen-bond acceptors (Lipinski definition) is 6. The van der Waals surface area contributed by atoms with Gasteiger partial charge in [0.05, 0.1) is 11.3 Å². The van der Waals surface area contributed by atoms with Crippen molar-refractivity contribution in [3.63, 3.8) is 0 Å². The summed E-state index contributed by atoms with van der Waals surface area (Å²) in [4.78, 5) is 20.3. The van der Waals surface area contributed by atoms with Gasteiger partial charge in [-0.2, -0.15) is 8.42 Å². The summed E-state index contributed by atoms with van der Waals surface area (Å²) < 4.78 is 27.0. The van der Waals surface area contributed by atoms with Crippen LogP contribution in [0.2, 0.25) is 5.15 Å². The van der Waals surface area contributed by atoms with Crippen LogP contribution in [-0.2, 0) is 15.4 Å². The summed E-state index contributed by atoms with van der Waals surface area (Å²) in [6.45, 7) is 5.81. The lowest BCUT2D eigenvalue weighted by Crippen LogP contribution is -2.32. The van der Waals surface area contributed by atoms with Gasteiger partial charge in [0.25, 0.3) is 15.9 Å². The number of nitrogens with one attached hydrogen (secondary N) is 1. The molecule has 0 aliphatic carbocycles. The molecule has 0 saturated carbocycles. The number of nitrogens with zero attached hydrogens (tertiary/aromatic N) is 2. The van der Waals surface area contributed by atoms with Crippen LogP contribution in [0, 0.1) is 0 Å². The fourth-order valence-corrected chi connectivity index (χ4v) is 4.04. The normalized spacial score (nSPS) is 12.0. The van der Waals surface area contributed by atoms with Crippen molar-refractivity contribution in [3.8, 4) is 0 Å². The van der Waals surface area contributed by atoms with Crippen molar-refractivity contribution in [2.24, 2.45) is 0 Å². The number of rotatable bonds is 3. The summed E-state index contributed by atoms with van der Waals surface area (Å²) in [6.07, 6.45) is 0. The molecule has 7 nitrogen and oxygen atoms in total. The first-order valence-corrected chi connectivity index (χ1v) is 9.73. The lowest BCUT2D eigenvalue weighted by molar-refractivity contribution is 0.0981. The molecule has 0 aliphatic rings. The van der Waals surface area contributed by atoms with Gasteiger partial charge in [-0.3, -0.25) is 4.79 Å². The van der Waals surface area contributed by atoms with E-state index in [1.54, 1.807) is 0 Å². The molecule has 0 radical (unpaired) electrons. The van der Waals surface area contributed by atoms with Crippen LogP contribution in [-0.4, -0.2) is 24.3 Å². The smallest absolute Gasteiger partial charge is 0.281 e. The van der Waals surface area contributed by atoms with Crippen LogP contribution < -0.4 is 10.5 Å². The first-order valence-electron chi connectivity index (χ1n) is 7.08. The van der Waals surface area contributed by atoms with Gasteiger partial charge in [0, 0.05) is 9.89 Å². The Kier molecular flexibility index (Phi) is 5.41. The number of anilines is 1. The van der Waals surface area contributed by atoms with Crippen LogP contribution in [0.4, 0.5) is 5.82 Å². The molecule has 2 rings (SSSR count). The monoisotopic (exact) mass is 446 g/mol. The molecular formula is C15H16BrClN4O3S. The summed E-state index contributed by atoms with van der Waals surface area (Å²) in [6, 6.07) is 5.52. The largest absolute Gasteiger partial charge is 0.384 e. The minimum absolute atomic E-state index is 0.0206. The maximum atomic E-state index is 12.4. The Bertz CT molecular complexity index is 942. The van der Waals surface area contributed by atoms with Gasteiger partial charge in [-0.25, -0.2) is 14.7 Å². The number of nitrogens with two attached hydrogens (primary N) is 1. The Labute approximate surface area is 159 Å². The molecule has 0 aromatic carbocycles. The Hall–Kier alpha value is -1.71. The summed E-state index contributed by atoms with van der Waals surface area (Å²) >= 11 is 9.42. The highest BCUT2D eigenvalue weighted by Crippen LogP contribution is 2.31. The number of pyridine rings is 2. The Morgan fingerprint density at radius 3 is 2.48 bits per heavy atom. The summed E-state index contributed by atoms with van der Waals surface area (Å²) in [5, 5.41) is -0.461. The molecule has 1 amide bonds. The third kappa shape index (κ3) is 4.47. The zero-order chi connectivity index (χ0) is 19.0. The van der Waals surface area contributed by atoms with Gasteiger partial charge >= 0.3 is 0 Å². The second-order valence-corrected chi connectivity index (χ2v) is 9.08. The van der Waals surface area contributed by atoms with Gasteiger partial charge < -0.3 is 5.73 Å². The topological polar surface area (TPSA) is 115 Å². The molecule has 0 fully saturated rings. The van der Waals surface area contributed by atoms with Gasteiger partial charge in [-0.1, -0.05) is 38.4 Å². The molecule has 25 heavy (non-hydrogen) atoms. The van der Waals surface area contributed by atoms with Crippen LogP contribution in [0.15, 0.2) is 33.8 Å². The molecule has 0 aliphatic heterocycles. The molecule has 134 valence electrons. The number of aromatic nitrogens is 2. The van der Waals surface area contributed by atoms with Crippen LogP contribution in [0.25, 0.3) is 0 Å². The number of halogens is 2. The zero-order valence-electron chi connectivity index (χ0n) is 13.7. The molecule has 10 heteroatoms. The number of carbonyl (C=O) groups is 1. The first-order chi connectivity index (χ1) is 11.4. The van der Waals surface area contributed by atoms with Crippen LogP contribution >= 0.6 is 27.5 Å². The molecule has 2 aromatic rings. The lowest BCUT2D eigenvalue weighted by atomic mass is 9.91. The molecule has 0 spiro atoms. The minimum Gasteiger partial charge on any atom is -0.384 e. The molecular weight excluding hydrogens is 432 g/mol. The van der Waals surface area contributed by atoms with E-state index >= 15 is 0 Å². The van der Waals surface area contributed by atoms with Crippen molar-refractivity contribution in [2.75, 3.05) is 5.73 Å². The number of carbonyl (C=O) groups excluding carboxylic acids is 1. The van der Waals surface area contributed by atoms with Crippen molar-refractivity contribution in [1.82, 2.24) is 14.7 Å². The fourth-order valence-electron chi connectivity index (χ4n) is 1.96. The van der Waals surface area contributed by atoms with Gasteiger partial charge in [0.1, 0.15) is 11.0 Å². The van der Waals surface area contributed by atoms with Crippen LogP contribution in [0.5, 0.6) is 0 Å². The van der Waals surface area contributed by atoms with Crippen LogP contribution in [0.1, 0.15) is 36.8 Å². The van der Waals surface area contributed by atoms with E-state index in [1.165, 1.54) is 24.3 Å². The van der Waals surface area contributed by atoms with E-state index < -0.39 is 15.9 Å². The van der Waals surface area contributed by atoms with E-state index in [-0.39, 0.29) is 27.0 Å². The molecule has 3 N–H and O–H groups in total. The van der Waals surface area contributed by atoms with Crippen molar-refractivity contribution in [3.05, 3.63) is 45.1 Å². The SMILES string of the molecule is CC(C)(C)c1nc(Cl)c(C(=O)NS(=O)(=O)c2cccc(N)n2)cc1Br. The predicted molar refractivity (Wildman–Crippen MR) is 98.9 cm³/mol. The van der Waals surface area contributed by atoms with Gasteiger partial charge in [-0.15, -0.1) is 0 Å². The second-order valence-electron chi connectivity index (χ2n) is 6.24. The van der Waals surface area contributed by atoms with Crippen LogP contribution in [0.3, 0.4) is 0 Å². The number of amides is 1. The summed E-state index contributed by atoms with van der Waals surface area (Å²) in [7, 11) is -4.19. The molecule has 0 saturated heterocycles. The fraction of sp³-hybridized carbons (Fsp3) is 0.267. The molecule has 2 heterocycles. The number of hydrogen-bond donors (Lipinski definition) is 2. The van der Waals surface area contributed by atoms with E-state index in [1.807, 2.05) is 25.5 Å². The number of nitrogen functional groups attached to an aromatic ring is 1. The van der Waals surface area contributed by atoms with E-state index in [2.05, 4.69) is 25.9 Å². The third-order valence-corrected chi connectivity index (χ3v) is 5.26. The highest BCUT2D eigenvalue weighted by atomic mass is 79.9. The standard InChI is InChI=1S/C15H16BrClN4O3S/c1-15(2,3)12-9(16)7-8(13(17)20-12)14(22)21-25(23,24)11-6-4-5-10(18)19-11/h4-7H,1-3H3,(H2,18,19)(H,21,22). The Morgan fingerprint density at radius 1 is 1.28 bits per heavy atom. The minimum atomic E-state index is -4.19. The van der Waals surface area contributed by atoms with Crippen molar-refractivity contribution >= 4 is 49.3 Å². The van der Waals surface area contributed by atoms with Crippen molar-refractivity contribution in [2.45, 2.75) is 31.2 Å². The van der Waals surface area contributed by atoms with Gasteiger partial charge in [0.15, 0.2) is 5.03 Å². The summed E-state index contributed by atoms with van der Waals surface area (Å²) in [5.74, 6) is -0.893. The lowest BCUT2D eigenvalue weighted by Gasteiger charge is -2.20. The number of sulfonamides is 1. The van der Waals surface area contributed by atoms with E-state index in [0.717, 1.165) is 0 Å². The highest BCUT2D eigenvalue weighted by Gasteiger charge is 2.26.